The molecule has 0 radical (unpaired) electrons. The van der Waals surface area contributed by atoms with Crippen molar-refractivity contribution in [2.24, 2.45) is 0 Å². The lowest BCUT2D eigenvalue weighted by Crippen LogP contribution is -2.20. The van der Waals surface area contributed by atoms with Crippen LogP contribution in [0.2, 0.25) is 0 Å². The van der Waals surface area contributed by atoms with Crippen LogP contribution < -0.4 is 5.32 Å². The zero-order valence-electron chi connectivity index (χ0n) is 13.7. The summed E-state index contributed by atoms with van der Waals surface area (Å²) in [6.45, 7) is 2.90. The molecule has 0 aliphatic heterocycles. The monoisotopic (exact) mass is 342 g/mol. The molecule has 0 aliphatic carbocycles. The fraction of sp³-hybridized carbons (Fsp3) is 0.316. The first kappa shape index (κ1) is 16.9. The van der Waals surface area contributed by atoms with Crippen LogP contribution in [-0.4, -0.2) is 16.7 Å². The number of nitrogens with zero attached hydrogens (tertiary/aromatic N) is 1. The van der Waals surface area contributed by atoms with Crippen LogP contribution in [0.15, 0.2) is 53.1 Å². The van der Waals surface area contributed by atoms with Crippen LogP contribution in [0.3, 0.4) is 0 Å². The lowest BCUT2D eigenvalue weighted by Gasteiger charge is -2.18. The average molecular weight is 342 g/mol. The van der Waals surface area contributed by atoms with E-state index in [9.17, 15) is 0 Å². The van der Waals surface area contributed by atoms with E-state index in [1.165, 1.54) is 10.4 Å². The molecule has 4 nitrogen and oxygen atoms in total. The van der Waals surface area contributed by atoms with Crippen LogP contribution in [0.25, 0.3) is 10.8 Å². The standard InChI is InChI=1S/C19H22N2O2S/c1-14-9-10-18(23-14)19-21-13-16(24-19)12-20-17(8-5-11-22)15-6-3-2-4-7-15/h2-4,6-7,9-10,13,17,20,22H,5,8,11-12H2,1H3. The third-order valence-corrected chi connectivity index (χ3v) is 4.89. The molecule has 0 saturated heterocycles. The number of aryl methyl sites for hydroxylation is 1. The summed E-state index contributed by atoms with van der Waals surface area (Å²) in [6.07, 6.45) is 3.59. The number of nitrogens with one attached hydrogen (secondary N) is 1. The average Bonchev–Trinajstić information content (AvgIpc) is 3.24. The highest BCUT2D eigenvalue weighted by atomic mass is 32.1. The molecule has 2 N–H and O–H groups in total. The third kappa shape index (κ3) is 4.32. The van der Waals surface area contributed by atoms with Crippen LogP contribution in [0.1, 0.15) is 35.1 Å². The Balaban J connectivity index is 1.65. The first-order valence-corrected chi connectivity index (χ1v) is 8.98. The van der Waals surface area contributed by atoms with Crippen LogP contribution >= 0.6 is 11.3 Å². The van der Waals surface area contributed by atoms with Crippen molar-refractivity contribution in [1.29, 1.82) is 0 Å². The van der Waals surface area contributed by atoms with E-state index in [-0.39, 0.29) is 12.6 Å². The Bertz CT molecular complexity index is 752. The van der Waals surface area contributed by atoms with Crippen molar-refractivity contribution in [1.82, 2.24) is 10.3 Å². The van der Waals surface area contributed by atoms with Crippen LogP contribution in [0.5, 0.6) is 0 Å². The van der Waals surface area contributed by atoms with Gasteiger partial charge in [-0.15, -0.1) is 11.3 Å². The number of rotatable bonds is 8. The van der Waals surface area contributed by atoms with Gasteiger partial charge >= 0.3 is 0 Å². The molecule has 3 aromatic rings. The summed E-state index contributed by atoms with van der Waals surface area (Å²) in [4.78, 5) is 5.63. The third-order valence-electron chi connectivity index (χ3n) is 3.88. The van der Waals surface area contributed by atoms with Gasteiger partial charge in [0.15, 0.2) is 10.8 Å². The second-order valence-corrected chi connectivity index (χ2v) is 6.87. The van der Waals surface area contributed by atoms with Gasteiger partial charge in [-0.1, -0.05) is 30.3 Å². The van der Waals surface area contributed by atoms with Crippen molar-refractivity contribution in [3.63, 3.8) is 0 Å². The lowest BCUT2D eigenvalue weighted by atomic mass is 10.0. The molecular weight excluding hydrogens is 320 g/mol. The summed E-state index contributed by atoms with van der Waals surface area (Å²) in [5.41, 5.74) is 1.25. The Morgan fingerprint density at radius 2 is 2.04 bits per heavy atom. The quantitative estimate of drug-likeness (QED) is 0.640. The number of hydrogen-bond donors (Lipinski definition) is 2. The molecule has 2 heterocycles. The molecule has 5 heteroatoms. The van der Waals surface area contributed by atoms with Crippen LogP contribution in [-0.2, 0) is 6.54 Å². The van der Waals surface area contributed by atoms with Crippen LogP contribution in [0.4, 0.5) is 0 Å². The van der Waals surface area contributed by atoms with Gasteiger partial charge in [-0.25, -0.2) is 4.98 Å². The molecule has 0 aliphatic rings. The Morgan fingerprint density at radius 1 is 1.21 bits per heavy atom. The maximum absolute atomic E-state index is 9.13. The molecule has 0 amide bonds. The van der Waals surface area contributed by atoms with Crippen molar-refractivity contribution in [2.45, 2.75) is 32.4 Å². The zero-order valence-corrected chi connectivity index (χ0v) is 14.6. The Hall–Kier alpha value is -1.95. The second kappa shape index (κ2) is 8.24. The van der Waals surface area contributed by atoms with Crippen molar-refractivity contribution in [2.75, 3.05) is 6.61 Å². The highest BCUT2D eigenvalue weighted by Crippen LogP contribution is 2.27. The van der Waals surface area contributed by atoms with E-state index in [1.807, 2.05) is 43.5 Å². The smallest absolute Gasteiger partial charge is 0.162 e. The highest BCUT2D eigenvalue weighted by molar-refractivity contribution is 7.14. The van der Waals surface area contributed by atoms with Crippen molar-refractivity contribution in [3.8, 4) is 10.8 Å². The Kier molecular flexibility index (Phi) is 5.80. The molecule has 24 heavy (non-hydrogen) atoms. The molecule has 1 unspecified atom stereocenters. The molecule has 2 aromatic heterocycles. The first-order valence-electron chi connectivity index (χ1n) is 8.17. The minimum absolute atomic E-state index is 0.216. The van der Waals surface area contributed by atoms with Gasteiger partial charge in [0.05, 0.1) is 0 Å². The van der Waals surface area contributed by atoms with E-state index in [2.05, 4.69) is 22.4 Å². The molecule has 3 rings (SSSR count). The van der Waals surface area contributed by atoms with Gasteiger partial charge in [0, 0.05) is 30.3 Å². The summed E-state index contributed by atoms with van der Waals surface area (Å²) in [6, 6.07) is 14.5. The Labute approximate surface area is 146 Å². The summed E-state index contributed by atoms with van der Waals surface area (Å²) >= 11 is 1.64. The summed E-state index contributed by atoms with van der Waals surface area (Å²) in [7, 11) is 0. The van der Waals surface area contributed by atoms with E-state index in [0.717, 1.165) is 35.9 Å². The number of thiazole rings is 1. The number of aliphatic hydroxyl groups is 1. The van der Waals surface area contributed by atoms with E-state index in [0.29, 0.717) is 0 Å². The van der Waals surface area contributed by atoms with E-state index in [4.69, 9.17) is 9.52 Å². The van der Waals surface area contributed by atoms with Crippen molar-refractivity contribution < 1.29 is 9.52 Å². The normalized spacial score (nSPS) is 12.4. The summed E-state index contributed by atoms with van der Waals surface area (Å²) in [5.74, 6) is 1.72. The summed E-state index contributed by atoms with van der Waals surface area (Å²) < 4.78 is 5.63. The summed E-state index contributed by atoms with van der Waals surface area (Å²) in [5, 5.41) is 13.6. The maximum atomic E-state index is 9.13. The number of furan rings is 1. The van der Waals surface area contributed by atoms with Gasteiger partial charge < -0.3 is 14.8 Å². The molecule has 0 spiro atoms. The van der Waals surface area contributed by atoms with Gasteiger partial charge in [-0.3, -0.25) is 0 Å². The molecular formula is C19H22N2O2S. The van der Waals surface area contributed by atoms with E-state index >= 15 is 0 Å². The fourth-order valence-corrected chi connectivity index (χ4v) is 3.47. The fourth-order valence-electron chi connectivity index (χ4n) is 2.64. The van der Waals surface area contributed by atoms with Crippen LogP contribution in [0, 0.1) is 6.92 Å². The Morgan fingerprint density at radius 3 is 2.75 bits per heavy atom. The molecule has 0 saturated carbocycles. The van der Waals surface area contributed by atoms with Gasteiger partial charge in [0.1, 0.15) is 5.76 Å². The molecule has 126 valence electrons. The van der Waals surface area contributed by atoms with Crippen molar-refractivity contribution >= 4 is 11.3 Å². The molecule has 0 bridgehead atoms. The zero-order chi connectivity index (χ0) is 16.8. The predicted molar refractivity (Wildman–Crippen MR) is 96.9 cm³/mol. The van der Waals surface area contributed by atoms with E-state index < -0.39 is 0 Å². The first-order chi connectivity index (χ1) is 11.8. The molecule has 1 atom stereocenters. The second-order valence-electron chi connectivity index (χ2n) is 5.75. The van der Waals surface area contributed by atoms with Crippen molar-refractivity contribution in [3.05, 3.63) is 64.9 Å². The largest absolute Gasteiger partial charge is 0.459 e. The van der Waals surface area contributed by atoms with Gasteiger partial charge in [0.2, 0.25) is 0 Å². The number of benzene rings is 1. The maximum Gasteiger partial charge on any atom is 0.162 e. The topological polar surface area (TPSA) is 58.3 Å². The number of aliphatic hydroxyl groups excluding tert-OH is 1. The minimum Gasteiger partial charge on any atom is -0.459 e. The number of aromatic nitrogens is 1. The molecule has 0 fully saturated rings. The lowest BCUT2D eigenvalue weighted by molar-refractivity contribution is 0.275. The van der Waals surface area contributed by atoms with Gasteiger partial charge in [-0.2, -0.15) is 0 Å². The predicted octanol–water partition coefficient (Wildman–Crippen LogP) is 4.31. The molecule has 1 aromatic carbocycles. The number of hydrogen-bond acceptors (Lipinski definition) is 5. The SMILES string of the molecule is Cc1ccc(-c2ncc(CNC(CCCO)c3ccccc3)s2)o1. The highest BCUT2D eigenvalue weighted by Gasteiger charge is 2.12. The van der Waals surface area contributed by atoms with Gasteiger partial charge in [-0.05, 0) is 37.5 Å². The minimum atomic E-state index is 0.216. The van der Waals surface area contributed by atoms with E-state index in [1.54, 1.807) is 11.3 Å². The van der Waals surface area contributed by atoms with Gasteiger partial charge in [0.25, 0.3) is 0 Å².